The molecule has 16 heteroatoms. The van der Waals surface area contributed by atoms with E-state index in [1.54, 1.807) is 6.20 Å². The Labute approximate surface area is 237 Å². The van der Waals surface area contributed by atoms with Crippen LogP contribution in [0.5, 0.6) is 0 Å². The predicted octanol–water partition coefficient (Wildman–Crippen LogP) is 3.73. The van der Waals surface area contributed by atoms with E-state index in [0.717, 1.165) is 64.0 Å². The number of pyridine rings is 1. The van der Waals surface area contributed by atoms with Gasteiger partial charge >= 0.3 is 24.3 Å². The molecule has 1 saturated carbocycles. The molecular weight excluding hydrogens is 578 g/mol. The standard InChI is InChI=1S/C22H30N4O2.2C2HF3O2/c1-25-12-18(13-28-14-19-6-2-5-10-24-19)22(16-25)9-11-26(17-22)20(27)21(15-23)7-3-4-8-21;2*3-2(4,5)1(6)7/h2,5-6,10,18H,3-4,7-9,11-14,16-17H2,1H3;2*(H,6,7)/t18-,22+;;/m0../s1. The van der Waals surface area contributed by atoms with Crippen molar-refractivity contribution in [1.82, 2.24) is 14.8 Å². The molecule has 0 bridgehead atoms. The van der Waals surface area contributed by atoms with Crippen molar-refractivity contribution in [2.45, 2.75) is 51.1 Å². The molecule has 1 amide bonds. The number of hydrogen-bond acceptors (Lipinski definition) is 7. The second-order valence-electron chi connectivity index (χ2n) is 10.6. The molecule has 2 aliphatic heterocycles. The van der Waals surface area contributed by atoms with Gasteiger partial charge in [0.15, 0.2) is 0 Å². The lowest BCUT2D eigenvalue weighted by atomic mass is 9.77. The van der Waals surface area contributed by atoms with Gasteiger partial charge in [0.05, 0.1) is 25.0 Å². The van der Waals surface area contributed by atoms with Crippen molar-refractivity contribution in [2.24, 2.45) is 16.7 Å². The van der Waals surface area contributed by atoms with Crippen molar-refractivity contribution in [3.63, 3.8) is 0 Å². The molecule has 2 saturated heterocycles. The van der Waals surface area contributed by atoms with Crippen molar-refractivity contribution < 1.29 is 55.7 Å². The molecule has 0 radical (unpaired) electrons. The number of carbonyl (C=O) groups excluding carboxylic acids is 1. The number of rotatable bonds is 5. The Balaban J connectivity index is 0.000000367. The van der Waals surface area contributed by atoms with E-state index in [1.165, 1.54) is 0 Å². The van der Waals surface area contributed by atoms with Crippen molar-refractivity contribution in [3.05, 3.63) is 30.1 Å². The van der Waals surface area contributed by atoms with Crippen molar-refractivity contribution in [1.29, 1.82) is 5.26 Å². The lowest BCUT2D eigenvalue weighted by molar-refractivity contribution is -0.193. The number of alkyl halides is 6. The molecule has 3 aliphatic rings. The minimum atomic E-state index is -5.08. The van der Waals surface area contributed by atoms with E-state index in [4.69, 9.17) is 24.5 Å². The fourth-order valence-corrected chi connectivity index (χ4v) is 5.51. The van der Waals surface area contributed by atoms with Crippen LogP contribution >= 0.6 is 0 Å². The van der Waals surface area contributed by atoms with Crippen LogP contribution in [0.2, 0.25) is 0 Å². The third kappa shape index (κ3) is 9.28. The molecule has 42 heavy (non-hydrogen) atoms. The molecule has 0 unspecified atom stereocenters. The topological polar surface area (TPSA) is 144 Å². The quantitative estimate of drug-likeness (QED) is 0.477. The molecule has 2 N–H and O–H groups in total. The fraction of sp³-hybridized carbons (Fsp3) is 0.654. The number of carbonyl (C=O) groups is 3. The van der Waals surface area contributed by atoms with Crippen molar-refractivity contribution >= 4 is 17.8 Å². The maximum Gasteiger partial charge on any atom is 0.490 e. The van der Waals surface area contributed by atoms with Crippen molar-refractivity contribution in [2.75, 3.05) is 39.8 Å². The van der Waals surface area contributed by atoms with Crippen LogP contribution in [0, 0.1) is 28.1 Å². The summed E-state index contributed by atoms with van der Waals surface area (Å²) in [5.41, 5.74) is 0.272. The lowest BCUT2D eigenvalue weighted by Gasteiger charge is -2.32. The minimum Gasteiger partial charge on any atom is -0.475 e. The summed E-state index contributed by atoms with van der Waals surface area (Å²) in [7, 11) is 2.15. The molecule has 10 nitrogen and oxygen atoms in total. The minimum absolute atomic E-state index is 0.0760. The monoisotopic (exact) mass is 610 g/mol. The number of amides is 1. The Morgan fingerprint density at radius 3 is 2.10 bits per heavy atom. The van der Waals surface area contributed by atoms with Gasteiger partial charge in [0.2, 0.25) is 5.91 Å². The number of nitriles is 1. The molecule has 4 rings (SSSR count). The number of aliphatic carboxylic acids is 2. The Hall–Kier alpha value is -3.45. The highest BCUT2D eigenvalue weighted by Gasteiger charge is 2.53. The summed E-state index contributed by atoms with van der Waals surface area (Å²) in [6.45, 7) is 4.73. The SMILES string of the molecule is CN1C[C@@H](COCc2ccccn2)[C@]2(CCN(C(=O)C3(C#N)CCCC3)C2)C1.O=C(O)C(F)(F)F.O=C(O)C(F)(F)F. The van der Waals surface area contributed by atoms with Gasteiger partial charge in [-0.15, -0.1) is 0 Å². The van der Waals surface area contributed by atoms with Gasteiger partial charge in [-0.05, 0) is 38.4 Å². The molecule has 3 fully saturated rings. The number of ether oxygens (including phenoxy) is 1. The molecule has 3 heterocycles. The highest BCUT2D eigenvalue weighted by atomic mass is 19.4. The number of likely N-dealkylation sites (tertiary alicyclic amines) is 2. The van der Waals surface area contributed by atoms with Gasteiger partial charge in [-0.3, -0.25) is 9.78 Å². The van der Waals surface area contributed by atoms with Gasteiger partial charge in [0, 0.05) is 43.7 Å². The van der Waals surface area contributed by atoms with Crippen LogP contribution in [-0.2, 0) is 25.7 Å². The van der Waals surface area contributed by atoms with E-state index < -0.39 is 29.7 Å². The molecule has 2 atom stereocenters. The van der Waals surface area contributed by atoms with Crippen LogP contribution in [0.3, 0.4) is 0 Å². The number of carboxylic acid groups (broad SMARTS) is 2. The summed E-state index contributed by atoms with van der Waals surface area (Å²) in [5.74, 6) is -5.03. The summed E-state index contributed by atoms with van der Waals surface area (Å²) in [6, 6.07) is 8.24. The summed E-state index contributed by atoms with van der Waals surface area (Å²) < 4.78 is 69.5. The van der Waals surface area contributed by atoms with Crippen LogP contribution in [0.4, 0.5) is 26.3 Å². The van der Waals surface area contributed by atoms with Gasteiger partial charge < -0.3 is 24.7 Å². The number of hydrogen-bond donors (Lipinski definition) is 2. The van der Waals surface area contributed by atoms with E-state index >= 15 is 0 Å². The summed E-state index contributed by atoms with van der Waals surface area (Å²) in [5, 5.41) is 23.9. The van der Waals surface area contributed by atoms with Crippen LogP contribution < -0.4 is 0 Å². The normalized spacial score (nSPS) is 23.4. The second-order valence-corrected chi connectivity index (χ2v) is 10.6. The second kappa shape index (κ2) is 14.1. The Morgan fingerprint density at radius 2 is 1.62 bits per heavy atom. The van der Waals surface area contributed by atoms with Crippen LogP contribution in [0.15, 0.2) is 24.4 Å². The van der Waals surface area contributed by atoms with E-state index in [-0.39, 0.29) is 11.3 Å². The first kappa shape index (κ1) is 34.7. The van der Waals surface area contributed by atoms with Gasteiger partial charge in [0.1, 0.15) is 5.41 Å². The first-order valence-corrected chi connectivity index (χ1v) is 12.9. The Morgan fingerprint density at radius 1 is 1.05 bits per heavy atom. The van der Waals surface area contributed by atoms with Crippen LogP contribution in [0.1, 0.15) is 37.8 Å². The third-order valence-electron chi connectivity index (χ3n) is 7.52. The van der Waals surface area contributed by atoms with Gasteiger partial charge in [-0.1, -0.05) is 18.9 Å². The van der Waals surface area contributed by atoms with Crippen molar-refractivity contribution in [3.8, 4) is 6.07 Å². The first-order chi connectivity index (χ1) is 19.5. The maximum atomic E-state index is 13.2. The average Bonchev–Trinajstić information content (AvgIpc) is 3.64. The molecule has 1 aromatic rings. The summed E-state index contributed by atoms with van der Waals surface area (Å²) in [4.78, 5) is 39.6. The van der Waals surface area contributed by atoms with E-state index in [2.05, 4.69) is 23.0 Å². The predicted molar refractivity (Wildman–Crippen MR) is 132 cm³/mol. The van der Waals surface area contributed by atoms with E-state index in [1.807, 2.05) is 23.1 Å². The zero-order valence-corrected chi connectivity index (χ0v) is 22.7. The number of carboxylic acids is 2. The van der Waals surface area contributed by atoms with Crippen LogP contribution in [-0.4, -0.2) is 95.0 Å². The first-order valence-electron chi connectivity index (χ1n) is 12.9. The summed E-state index contributed by atoms with van der Waals surface area (Å²) >= 11 is 0. The highest BCUT2D eigenvalue weighted by molar-refractivity contribution is 5.86. The molecule has 0 aromatic carbocycles. The number of halogens is 6. The fourth-order valence-electron chi connectivity index (χ4n) is 5.51. The molecule has 1 aliphatic carbocycles. The van der Waals surface area contributed by atoms with Gasteiger partial charge in [-0.25, -0.2) is 9.59 Å². The third-order valence-corrected chi connectivity index (χ3v) is 7.52. The van der Waals surface area contributed by atoms with Crippen LogP contribution in [0.25, 0.3) is 0 Å². The van der Waals surface area contributed by atoms with E-state index in [0.29, 0.717) is 19.1 Å². The highest BCUT2D eigenvalue weighted by Crippen LogP contribution is 2.46. The zero-order chi connectivity index (χ0) is 31.8. The zero-order valence-electron chi connectivity index (χ0n) is 22.7. The number of aromatic nitrogens is 1. The average molecular weight is 611 g/mol. The molecule has 1 spiro atoms. The van der Waals surface area contributed by atoms with Gasteiger partial charge in [0.25, 0.3) is 0 Å². The number of nitrogens with zero attached hydrogens (tertiary/aromatic N) is 4. The lowest BCUT2D eigenvalue weighted by Crippen LogP contribution is -2.43. The maximum absolute atomic E-state index is 13.2. The van der Waals surface area contributed by atoms with Gasteiger partial charge in [-0.2, -0.15) is 31.6 Å². The Kier molecular flexibility index (Phi) is 11.7. The Bertz CT molecular complexity index is 1100. The molecule has 1 aromatic heterocycles. The molecular formula is C26H32F6N4O6. The van der Waals surface area contributed by atoms with E-state index in [9.17, 15) is 36.4 Å². The largest absolute Gasteiger partial charge is 0.490 e. The molecule has 234 valence electrons. The summed E-state index contributed by atoms with van der Waals surface area (Å²) in [6.07, 6.45) is -3.94. The smallest absolute Gasteiger partial charge is 0.475 e.